The zero-order chi connectivity index (χ0) is 27.6. The first kappa shape index (κ1) is 26.7. The minimum Gasteiger partial charge on any atom is -0.172 e. The molecule has 0 fully saturated rings. The van der Waals surface area contributed by atoms with E-state index in [-0.39, 0.29) is 34.3 Å². The standard InChI is InChI=1S/C22H8F12N2S/c23-19(24,25)11-3-9(4-12(7-11)20(26,27)28)15-1-2-16(18-17(15)35-37-36-18)10-5-13(21(29,30)31)8-14(6-10)22(32,33)34/h1-8H. The van der Waals surface area contributed by atoms with Crippen LogP contribution < -0.4 is 0 Å². The van der Waals surface area contributed by atoms with E-state index in [2.05, 4.69) is 8.75 Å². The van der Waals surface area contributed by atoms with Crippen LogP contribution in [0.2, 0.25) is 0 Å². The van der Waals surface area contributed by atoms with Crippen LogP contribution in [0.25, 0.3) is 33.3 Å². The first-order valence-electron chi connectivity index (χ1n) is 9.70. The predicted molar refractivity (Wildman–Crippen MR) is 108 cm³/mol. The van der Waals surface area contributed by atoms with Crippen LogP contribution in [0.1, 0.15) is 22.3 Å². The molecule has 196 valence electrons. The normalized spacial score (nSPS) is 13.4. The number of fused-ring (bicyclic) bond motifs is 1. The lowest BCUT2D eigenvalue weighted by molar-refractivity contribution is -0.144. The molecule has 37 heavy (non-hydrogen) atoms. The molecule has 3 aromatic carbocycles. The van der Waals surface area contributed by atoms with Gasteiger partial charge in [-0.05, 0) is 47.5 Å². The molecule has 1 heterocycles. The Morgan fingerprint density at radius 1 is 0.432 bits per heavy atom. The van der Waals surface area contributed by atoms with Crippen molar-refractivity contribution in [2.24, 2.45) is 0 Å². The fourth-order valence-corrected chi connectivity index (χ4v) is 4.13. The number of benzene rings is 3. The quantitative estimate of drug-likeness (QED) is 0.229. The molecule has 1 aromatic heterocycles. The van der Waals surface area contributed by atoms with Crippen molar-refractivity contribution in [2.75, 3.05) is 0 Å². The Balaban J connectivity index is 1.97. The van der Waals surface area contributed by atoms with Crippen molar-refractivity contribution in [3.63, 3.8) is 0 Å². The summed E-state index contributed by atoms with van der Waals surface area (Å²) in [6.45, 7) is 0. The second-order valence-corrected chi connectivity index (χ2v) is 8.24. The highest BCUT2D eigenvalue weighted by Crippen LogP contribution is 2.43. The lowest BCUT2D eigenvalue weighted by Gasteiger charge is -2.16. The molecule has 4 aromatic rings. The van der Waals surface area contributed by atoms with E-state index in [1.165, 1.54) is 0 Å². The molecule has 0 aliphatic carbocycles. The Bertz CT molecular complexity index is 1300. The van der Waals surface area contributed by atoms with Crippen LogP contribution in [0.3, 0.4) is 0 Å². The van der Waals surface area contributed by atoms with Crippen LogP contribution in [-0.4, -0.2) is 8.75 Å². The highest BCUT2D eigenvalue weighted by Gasteiger charge is 2.38. The summed E-state index contributed by atoms with van der Waals surface area (Å²) < 4.78 is 167. The maximum absolute atomic E-state index is 13.3. The van der Waals surface area contributed by atoms with Crippen LogP contribution in [-0.2, 0) is 24.7 Å². The van der Waals surface area contributed by atoms with Gasteiger partial charge in [-0.25, -0.2) is 0 Å². The number of rotatable bonds is 2. The summed E-state index contributed by atoms with van der Waals surface area (Å²) in [6.07, 6.45) is -20.6. The molecule has 0 aliphatic rings. The molecule has 0 spiro atoms. The average Bonchev–Trinajstić information content (AvgIpc) is 3.25. The van der Waals surface area contributed by atoms with Crippen molar-refractivity contribution in [2.45, 2.75) is 24.7 Å². The van der Waals surface area contributed by atoms with Crippen LogP contribution >= 0.6 is 11.7 Å². The largest absolute Gasteiger partial charge is 0.416 e. The van der Waals surface area contributed by atoms with E-state index < -0.39 is 58.1 Å². The molecule has 0 saturated carbocycles. The summed E-state index contributed by atoms with van der Waals surface area (Å²) >= 11 is 0.421. The number of hydrogen-bond donors (Lipinski definition) is 0. The topological polar surface area (TPSA) is 25.8 Å². The van der Waals surface area contributed by atoms with Crippen LogP contribution in [0.4, 0.5) is 52.7 Å². The van der Waals surface area contributed by atoms with E-state index in [0.717, 1.165) is 12.1 Å². The van der Waals surface area contributed by atoms with Gasteiger partial charge in [-0.1, -0.05) is 12.1 Å². The third-order valence-electron chi connectivity index (χ3n) is 5.21. The second-order valence-electron chi connectivity index (χ2n) is 7.71. The van der Waals surface area contributed by atoms with Gasteiger partial charge in [0.1, 0.15) is 11.0 Å². The van der Waals surface area contributed by atoms with Crippen LogP contribution in [0.5, 0.6) is 0 Å². The van der Waals surface area contributed by atoms with Gasteiger partial charge in [0.25, 0.3) is 0 Å². The summed E-state index contributed by atoms with van der Waals surface area (Å²) in [7, 11) is 0. The van der Waals surface area contributed by atoms with Crippen molar-refractivity contribution in [3.05, 3.63) is 70.8 Å². The Labute approximate surface area is 202 Å². The summed E-state index contributed by atoms with van der Waals surface area (Å²) in [5, 5.41) is 0. The third kappa shape index (κ3) is 5.36. The maximum atomic E-state index is 13.3. The van der Waals surface area contributed by atoms with Gasteiger partial charge in [0, 0.05) is 11.1 Å². The molecule has 0 saturated heterocycles. The molecule has 2 nitrogen and oxygen atoms in total. The number of halogens is 12. The van der Waals surface area contributed by atoms with Gasteiger partial charge in [0.2, 0.25) is 0 Å². The molecule has 0 N–H and O–H groups in total. The lowest BCUT2D eigenvalue weighted by atomic mass is 9.93. The summed E-state index contributed by atoms with van der Waals surface area (Å²) in [5.41, 5.74) is -8.81. The summed E-state index contributed by atoms with van der Waals surface area (Å²) in [6, 6.07) is 3.45. The molecular formula is C22H8F12N2S. The van der Waals surface area contributed by atoms with Gasteiger partial charge in [0.15, 0.2) is 0 Å². The minimum atomic E-state index is -5.15. The first-order chi connectivity index (χ1) is 16.9. The molecule has 0 aliphatic heterocycles. The first-order valence-corrected chi connectivity index (χ1v) is 10.4. The monoisotopic (exact) mass is 560 g/mol. The van der Waals surface area contributed by atoms with E-state index >= 15 is 0 Å². The Morgan fingerprint density at radius 2 is 0.703 bits per heavy atom. The van der Waals surface area contributed by atoms with Crippen molar-refractivity contribution in [1.29, 1.82) is 0 Å². The molecule has 15 heteroatoms. The van der Waals surface area contributed by atoms with Crippen LogP contribution in [0, 0.1) is 0 Å². The number of alkyl halides is 12. The molecule has 0 bridgehead atoms. The zero-order valence-corrected chi connectivity index (χ0v) is 18.3. The van der Waals surface area contributed by atoms with E-state index in [4.69, 9.17) is 0 Å². The van der Waals surface area contributed by atoms with E-state index in [1.807, 2.05) is 0 Å². The molecular weight excluding hydrogens is 552 g/mol. The lowest BCUT2D eigenvalue weighted by Crippen LogP contribution is -2.11. The van der Waals surface area contributed by atoms with Crippen molar-refractivity contribution in [1.82, 2.24) is 8.75 Å². The SMILES string of the molecule is FC(F)(F)c1cc(-c2ccc(-c3cc(C(F)(F)F)cc(C(F)(F)F)c3)c3nsnc23)cc(C(F)(F)F)c1. The van der Waals surface area contributed by atoms with Crippen molar-refractivity contribution in [3.8, 4) is 22.3 Å². The average molecular weight is 560 g/mol. The van der Waals surface area contributed by atoms with Gasteiger partial charge in [0.05, 0.1) is 34.0 Å². The Hall–Kier alpha value is -3.36. The number of aromatic nitrogens is 2. The molecule has 0 atom stereocenters. The van der Waals surface area contributed by atoms with Gasteiger partial charge < -0.3 is 0 Å². The minimum absolute atomic E-state index is 0.0876. The van der Waals surface area contributed by atoms with E-state index in [9.17, 15) is 52.7 Å². The molecule has 4 rings (SSSR count). The highest BCUT2D eigenvalue weighted by atomic mass is 32.1. The van der Waals surface area contributed by atoms with E-state index in [0.29, 0.717) is 36.0 Å². The molecule has 0 radical (unpaired) electrons. The van der Waals surface area contributed by atoms with Gasteiger partial charge in [-0.2, -0.15) is 61.4 Å². The summed E-state index contributed by atoms with van der Waals surface area (Å²) in [4.78, 5) is 0. The number of hydrogen-bond acceptors (Lipinski definition) is 3. The zero-order valence-electron chi connectivity index (χ0n) is 17.5. The summed E-state index contributed by atoms with van der Waals surface area (Å²) in [5.74, 6) is 0. The molecule has 0 unspecified atom stereocenters. The van der Waals surface area contributed by atoms with Crippen molar-refractivity contribution >= 4 is 22.8 Å². The smallest absolute Gasteiger partial charge is 0.172 e. The van der Waals surface area contributed by atoms with E-state index in [1.54, 1.807) is 0 Å². The van der Waals surface area contributed by atoms with Gasteiger partial charge >= 0.3 is 24.7 Å². The van der Waals surface area contributed by atoms with Gasteiger partial charge in [-0.3, -0.25) is 0 Å². The van der Waals surface area contributed by atoms with Gasteiger partial charge in [-0.15, -0.1) is 0 Å². The van der Waals surface area contributed by atoms with Crippen molar-refractivity contribution < 1.29 is 52.7 Å². The molecule has 0 amide bonds. The number of nitrogens with zero attached hydrogens (tertiary/aromatic N) is 2. The fraction of sp³-hybridized carbons (Fsp3) is 0.182. The third-order valence-corrected chi connectivity index (χ3v) is 5.74. The fourth-order valence-electron chi connectivity index (χ4n) is 3.55. The predicted octanol–water partition coefficient (Wildman–Crippen LogP) is 9.10. The Morgan fingerprint density at radius 3 is 0.946 bits per heavy atom. The highest BCUT2D eigenvalue weighted by molar-refractivity contribution is 7.00. The Kier molecular flexibility index (Phi) is 6.20. The maximum Gasteiger partial charge on any atom is 0.416 e. The second kappa shape index (κ2) is 8.60. The van der Waals surface area contributed by atoms with Crippen LogP contribution in [0.15, 0.2) is 48.5 Å².